The first-order valence-corrected chi connectivity index (χ1v) is 6.84. The van der Waals surface area contributed by atoms with Crippen molar-refractivity contribution >= 4 is 0 Å². The van der Waals surface area contributed by atoms with Crippen LogP contribution in [0.1, 0.15) is 32.8 Å². The quantitative estimate of drug-likeness (QED) is 0.906. The van der Waals surface area contributed by atoms with Crippen molar-refractivity contribution in [3.63, 3.8) is 0 Å². The van der Waals surface area contributed by atoms with Gasteiger partial charge in [0.25, 0.3) is 0 Å². The van der Waals surface area contributed by atoms with Crippen molar-refractivity contribution in [3.05, 3.63) is 35.4 Å². The van der Waals surface area contributed by atoms with Crippen LogP contribution < -0.4 is 5.32 Å². The second-order valence-corrected chi connectivity index (χ2v) is 5.93. The van der Waals surface area contributed by atoms with Gasteiger partial charge >= 0.3 is 0 Å². The standard InChI is InChI=1S/C15H22F2N2/c1-4-12-9-19(15(2,3)10-18-12)8-11-5-6-13(16)14(17)7-11/h5-7,12,18H,4,8-10H2,1-3H3. The van der Waals surface area contributed by atoms with Crippen LogP contribution in [-0.4, -0.2) is 29.6 Å². The number of benzene rings is 1. The van der Waals surface area contributed by atoms with Crippen LogP contribution in [0, 0.1) is 11.6 Å². The van der Waals surface area contributed by atoms with E-state index in [4.69, 9.17) is 0 Å². The lowest BCUT2D eigenvalue weighted by Gasteiger charge is -2.46. The fraction of sp³-hybridized carbons (Fsp3) is 0.600. The van der Waals surface area contributed by atoms with E-state index < -0.39 is 11.6 Å². The van der Waals surface area contributed by atoms with Gasteiger partial charge in [-0.15, -0.1) is 0 Å². The van der Waals surface area contributed by atoms with Crippen molar-refractivity contribution in [2.75, 3.05) is 13.1 Å². The second kappa shape index (κ2) is 5.55. The van der Waals surface area contributed by atoms with Gasteiger partial charge in [-0.25, -0.2) is 8.78 Å². The van der Waals surface area contributed by atoms with Crippen LogP contribution in [0.4, 0.5) is 8.78 Å². The van der Waals surface area contributed by atoms with Crippen LogP contribution in [0.5, 0.6) is 0 Å². The van der Waals surface area contributed by atoms with E-state index in [0.29, 0.717) is 12.6 Å². The SMILES string of the molecule is CCC1CN(Cc2ccc(F)c(F)c2)C(C)(C)CN1. The number of rotatable bonds is 3. The third-order valence-corrected chi connectivity index (χ3v) is 3.97. The van der Waals surface area contributed by atoms with Gasteiger partial charge in [0.15, 0.2) is 11.6 Å². The Morgan fingerprint density at radius 1 is 1.32 bits per heavy atom. The van der Waals surface area contributed by atoms with E-state index in [-0.39, 0.29) is 5.54 Å². The Morgan fingerprint density at radius 2 is 2.05 bits per heavy atom. The molecule has 2 nitrogen and oxygen atoms in total. The fourth-order valence-corrected chi connectivity index (χ4v) is 2.49. The van der Waals surface area contributed by atoms with Crippen molar-refractivity contribution < 1.29 is 8.78 Å². The van der Waals surface area contributed by atoms with Gasteiger partial charge in [0.1, 0.15) is 0 Å². The van der Waals surface area contributed by atoms with E-state index in [1.807, 2.05) is 0 Å². The van der Waals surface area contributed by atoms with Crippen LogP contribution in [0.2, 0.25) is 0 Å². The van der Waals surface area contributed by atoms with Gasteiger partial charge in [0, 0.05) is 31.2 Å². The van der Waals surface area contributed by atoms with Gasteiger partial charge in [-0.3, -0.25) is 4.90 Å². The Kier molecular flexibility index (Phi) is 4.21. The van der Waals surface area contributed by atoms with Gasteiger partial charge in [0.05, 0.1) is 0 Å². The number of halogens is 2. The van der Waals surface area contributed by atoms with Gasteiger partial charge in [-0.2, -0.15) is 0 Å². The Bertz CT molecular complexity index is 446. The maximum absolute atomic E-state index is 13.3. The van der Waals surface area contributed by atoms with Crippen molar-refractivity contribution in [1.82, 2.24) is 10.2 Å². The lowest BCUT2D eigenvalue weighted by molar-refractivity contribution is 0.0576. The summed E-state index contributed by atoms with van der Waals surface area (Å²) in [5.41, 5.74) is 0.847. The van der Waals surface area contributed by atoms with E-state index in [0.717, 1.165) is 25.1 Å². The van der Waals surface area contributed by atoms with Crippen LogP contribution in [0.25, 0.3) is 0 Å². The van der Waals surface area contributed by atoms with Crippen molar-refractivity contribution in [2.24, 2.45) is 0 Å². The zero-order valence-corrected chi connectivity index (χ0v) is 11.8. The first-order valence-electron chi connectivity index (χ1n) is 6.84. The van der Waals surface area contributed by atoms with Crippen molar-refractivity contribution in [1.29, 1.82) is 0 Å². The Labute approximate surface area is 113 Å². The molecule has 0 spiro atoms. The normalized spacial score (nSPS) is 23.5. The van der Waals surface area contributed by atoms with E-state index in [2.05, 4.69) is 31.0 Å². The van der Waals surface area contributed by atoms with Gasteiger partial charge < -0.3 is 5.32 Å². The van der Waals surface area contributed by atoms with Gasteiger partial charge in [0.2, 0.25) is 0 Å². The minimum absolute atomic E-state index is 0.0243. The first kappa shape index (κ1) is 14.4. The molecule has 1 N–H and O–H groups in total. The molecule has 1 heterocycles. The molecule has 1 aromatic rings. The molecule has 0 amide bonds. The summed E-state index contributed by atoms with van der Waals surface area (Å²) in [5.74, 6) is -1.55. The predicted octanol–water partition coefficient (Wildman–Crippen LogP) is 2.93. The highest BCUT2D eigenvalue weighted by Gasteiger charge is 2.33. The smallest absolute Gasteiger partial charge is 0.159 e. The maximum atomic E-state index is 13.3. The van der Waals surface area contributed by atoms with Crippen LogP contribution in [-0.2, 0) is 6.54 Å². The number of nitrogens with zero attached hydrogens (tertiary/aromatic N) is 1. The lowest BCUT2D eigenvalue weighted by atomic mass is 9.95. The molecule has 0 aromatic heterocycles. The summed E-state index contributed by atoms with van der Waals surface area (Å²) in [6.07, 6.45) is 1.07. The van der Waals surface area contributed by atoms with Crippen LogP contribution in [0.3, 0.4) is 0 Å². The number of piperazine rings is 1. The molecule has 19 heavy (non-hydrogen) atoms. The minimum atomic E-state index is -0.783. The molecule has 2 rings (SSSR count). The van der Waals surface area contributed by atoms with E-state index in [1.54, 1.807) is 6.07 Å². The number of hydrogen-bond acceptors (Lipinski definition) is 2. The summed E-state index contributed by atoms with van der Waals surface area (Å²) in [6.45, 7) is 9.00. The average molecular weight is 268 g/mol. The van der Waals surface area contributed by atoms with E-state index in [9.17, 15) is 8.78 Å². The Hall–Kier alpha value is -1.00. The lowest BCUT2D eigenvalue weighted by Crippen LogP contribution is -2.61. The summed E-state index contributed by atoms with van der Waals surface area (Å²) < 4.78 is 26.2. The summed E-state index contributed by atoms with van der Waals surface area (Å²) >= 11 is 0. The number of hydrogen-bond donors (Lipinski definition) is 1. The molecule has 0 bridgehead atoms. The molecule has 0 saturated carbocycles. The summed E-state index contributed by atoms with van der Waals surface area (Å²) in [4.78, 5) is 2.34. The highest BCUT2D eigenvalue weighted by Crippen LogP contribution is 2.22. The molecule has 4 heteroatoms. The average Bonchev–Trinajstić information content (AvgIpc) is 2.36. The van der Waals surface area contributed by atoms with Crippen LogP contribution in [0.15, 0.2) is 18.2 Å². The minimum Gasteiger partial charge on any atom is -0.311 e. The Morgan fingerprint density at radius 3 is 2.68 bits per heavy atom. The molecule has 0 aliphatic carbocycles. The van der Waals surface area contributed by atoms with E-state index >= 15 is 0 Å². The summed E-state index contributed by atoms with van der Waals surface area (Å²) in [5, 5.41) is 3.52. The zero-order chi connectivity index (χ0) is 14.0. The van der Waals surface area contributed by atoms with Gasteiger partial charge in [-0.05, 0) is 38.0 Å². The largest absolute Gasteiger partial charge is 0.311 e. The topological polar surface area (TPSA) is 15.3 Å². The Balaban J connectivity index is 2.12. The van der Waals surface area contributed by atoms with Crippen molar-refractivity contribution in [3.8, 4) is 0 Å². The summed E-state index contributed by atoms with van der Waals surface area (Å²) in [7, 11) is 0. The maximum Gasteiger partial charge on any atom is 0.159 e. The van der Waals surface area contributed by atoms with E-state index in [1.165, 1.54) is 12.1 Å². The molecule has 1 atom stereocenters. The molecule has 0 radical (unpaired) electrons. The highest BCUT2D eigenvalue weighted by atomic mass is 19.2. The third kappa shape index (κ3) is 3.31. The third-order valence-electron chi connectivity index (χ3n) is 3.97. The molecule has 1 aliphatic heterocycles. The molecule has 1 aromatic carbocycles. The first-order chi connectivity index (χ1) is 8.92. The summed E-state index contributed by atoms with van der Waals surface area (Å²) in [6, 6.07) is 4.64. The molecule has 1 fully saturated rings. The molecular weight excluding hydrogens is 246 g/mol. The molecule has 1 unspecified atom stereocenters. The fourth-order valence-electron chi connectivity index (χ4n) is 2.49. The monoisotopic (exact) mass is 268 g/mol. The van der Waals surface area contributed by atoms with Gasteiger partial charge in [-0.1, -0.05) is 13.0 Å². The second-order valence-electron chi connectivity index (χ2n) is 5.93. The molecule has 1 saturated heterocycles. The zero-order valence-electron chi connectivity index (χ0n) is 11.8. The van der Waals surface area contributed by atoms with Crippen LogP contribution >= 0.6 is 0 Å². The molecular formula is C15H22F2N2. The molecule has 1 aliphatic rings. The predicted molar refractivity (Wildman–Crippen MR) is 72.9 cm³/mol. The highest BCUT2D eigenvalue weighted by molar-refractivity contribution is 5.18. The number of nitrogens with one attached hydrogen (secondary N) is 1. The molecule has 106 valence electrons. The van der Waals surface area contributed by atoms with Crippen molar-refractivity contribution in [2.45, 2.75) is 45.3 Å².